The van der Waals surface area contributed by atoms with E-state index in [-0.39, 0.29) is 11.9 Å². The van der Waals surface area contributed by atoms with E-state index >= 15 is 0 Å². The summed E-state index contributed by atoms with van der Waals surface area (Å²) in [6, 6.07) is 10.3. The Hall–Kier alpha value is -1.61. The number of hydrogen-bond acceptors (Lipinski definition) is 2. The first-order valence-electron chi connectivity index (χ1n) is 6.36. The molecular weight excluding hydrogens is 226 g/mol. The first kappa shape index (κ1) is 12.8. The van der Waals surface area contributed by atoms with Gasteiger partial charge in [0.2, 0.25) is 5.91 Å². The Labute approximate surface area is 108 Å². The summed E-state index contributed by atoms with van der Waals surface area (Å²) in [7, 11) is 0. The van der Waals surface area contributed by atoms with Gasteiger partial charge in [0, 0.05) is 6.54 Å². The smallest absolute Gasteiger partial charge is 0.246 e. The van der Waals surface area contributed by atoms with Crippen LogP contribution in [0.1, 0.15) is 18.4 Å². The first-order valence-corrected chi connectivity index (χ1v) is 6.36. The molecule has 1 aromatic rings. The van der Waals surface area contributed by atoms with Crippen molar-refractivity contribution in [3.05, 3.63) is 48.6 Å². The number of carbonyl (C=O) groups is 1. The van der Waals surface area contributed by atoms with Crippen LogP contribution >= 0.6 is 0 Å². The molecule has 1 aliphatic heterocycles. The number of carbonyl (C=O) groups excluding carboxylic acids is 1. The number of benzene rings is 1. The molecular formula is C15H19NO2. The molecule has 0 saturated carbocycles. The minimum Gasteiger partial charge on any atom is -0.375 e. The van der Waals surface area contributed by atoms with Crippen LogP contribution in [-0.2, 0) is 16.1 Å². The second-order valence-electron chi connectivity index (χ2n) is 4.53. The maximum atomic E-state index is 11.6. The van der Waals surface area contributed by atoms with Crippen molar-refractivity contribution in [2.45, 2.75) is 25.5 Å². The molecule has 1 fully saturated rings. The highest BCUT2D eigenvalue weighted by molar-refractivity contribution is 5.87. The lowest BCUT2D eigenvalue weighted by Gasteiger charge is -2.23. The molecule has 18 heavy (non-hydrogen) atoms. The van der Waals surface area contributed by atoms with E-state index < -0.39 is 0 Å². The van der Waals surface area contributed by atoms with Crippen LogP contribution in [0.5, 0.6) is 0 Å². The van der Waals surface area contributed by atoms with Gasteiger partial charge in [-0.3, -0.25) is 4.79 Å². The van der Waals surface area contributed by atoms with Gasteiger partial charge in [-0.1, -0.05) is 36.9 Å². The lowest BCUT2D eigenvalue weighted by molar-refractivity contribution is -0.127. The Kier molecular flexibility index (Phi) is 4.53. The lowest BCUT2D eigenvalue weighted by atomic mass is 10.2. The molecule has 0 unspecified atom stereocenters. The third-order valence-corrected chi connectivity index (χ3v) is 3.26. The van der Waals surface area contributed by atoms with Gasteiger partial charge < -0.3 is 9.64 Å². The van der Waals surface area contributed by atoms with Crippen LogP contribution in [0.15, 0.2) is 43.0 Å². The van der Waals surface area contributed by atoms with Crippen LogP contribution in [0.2, 0.25) is 0 Å². The number of nitrogens with zero attached hydrogens (tertiary/aromatic N) is 1. The summed E-state index contributed by atoms with van der Waals surface area (Å²) in [5, 5.41) is 0. The van der Waals surface area contributed by atoms with Crippen LogP contribution in [0.3, 0.4) is 0 Å². The van der Waals surface area contributed by atoms with E-state index in [2.05, 4.69) is 6.58 Å². The number of hydrogen-bond donors (Lipinski definition) is 0. The SMILES string of the molecule is C=CC(=O)N1CCC[C@@H]1COCc1ccccc1. The van der Waals surface area contributed by atoms with Crippen molar-refractivity contribution in [1.29, 1.82) is 0 Å². The van der Waals surface area contributed by atoms with Crippen molar-refractivity contribution < 1.29 is 9.53 Å². The molecule has 0 bridgehead atoms. The average Bonchev–Trinajstić information content (AvgIpc) is 2.87. The Morgan fingerprint density at radius 1 is 1.44 bits per heavy atom. The Morgan fingerprint density at radius 3 is 2.94 bits per heavy atom. The van der Waals surface area contributed by atoms with Crippen LogP contribution in [0.4, 0.5) is 0 Å². The van der Waals surface area contributed by atoms with Gasteiger partial charge in [0.25, 0.3) is 0 Å². The molecule has 3 heteroatoms. The zero-order valence-corrected chi connectivity index (χ0v) is 10.5. The number of likely N-dealkylation sites (tertiary alicyclic amines) is 1. The van der Waals surface area contributed by atoms with E-state index in [1.807, 2.05) is 35.2 Å². The Bertz CT molecular complexity index is 402. The fourth-order valence-electron chi connectivity index (χ4n) is 2.30. The van der Waals surface area contributed by atoms with E-state index in [4.69, 9.17) is 4.74 Å². The number of rotatable bonds is 5. The van der Waals surface area contributed by atoms with Crippen molar-refractivity contribution >= 4 is 5.91 Å². The highest BCUT2D eigenvalue weighted by atomic mass is 16.5. The molecule has 1 aromatic carbocycles. The zero-order chi connectivity index (χ0) is 12.8. The third-order valence-electron chi connectivity index (χ3n) is 3.26. The quantitative estimate of drug-likeness (QED) is 0.745. The van der Waals surface area contributed by atoms with Crippen molar-refractivity contribution in [2.75, 3.05) is 13.2 Å². The van der Waals surface area contributed by atoms with Crippen LogP contribution < -0.4 is 0 Å². The van der Waals surface area contributed by atoms with E-state index in [9.17, 15) is 4.79 Å². The average molecular weight is 245 g/mol. The van der Waals surface area contributed by atoms with Gasteiger partial charge >= 0.3 is 0 Å². The highest BCUT2D eigenvalue weighted by Crippen LogP contribution is 2.18. The van der Waals surface area contributed by atoms with Crippen LogP contribution in [0.25, 0.3) is 0 Å². The third kappa shape index (κ3) is 3.20. The van der Waals surface area contributed by atoms with Crippen LogP contribution in [-0.4, -0.2) is 30.0 Å². The van der Waals surface area contributed by atoms with Gasteiger partial charge in [0.15, 0.2) is 0 Å². The molecule has 0 aromatic heterocycles. The molecule has 1 amide bonds. The maximum Gasteiger partial charge on any atom is 0.246 e. The molecule has 96 valence electrons. The van der Waals surface area contributed by atoms with Gasteiger partial charge in [-0.2, -0.15) is 0 Å². The monoisotopic (exact) mass is 245 g/mol. The second kappa shape index (κ2) is 6.36. The maximum absolute atomic E-state index is 11.6. The van der Waals surface area contributed by atoms with Crippen molar-refractivity contribution in [3.63, 3.8) is 0 Å². The van der Waals surface area contributed by atoms with Crippen molar-refractivity contribution in [3.8, 4) is 0 Å². The summed E-state index contributed by atoms with van der Waals surface area (Å²) < 4.78 is 5.70. The summed E-state index contributed by atoms with van der Waals surface area (Å²) in [5.74, 6) is 0.0146. The minimum atomic E-state index is 0.0146. The highest BCUT2D eigenvalue weighted by Gasteiger charge is 2.27. The van der Waals surface area contributed by atoms with Gasteiger partial charge in [0.1, 0.15) is 0 Å². The standard InChI is InChI=1S/C15H19NO2/c1-2-15(17)16-10-6-9-14(16)12-18-11-13-7-4-3-5-8-13/h2-5,7-8,14H,1,6,9-12H2/t14-/m1/s1. The van der Waals surface area contributed by atoms with Gasteiger partial charge in [-0.05, 0) is 24.5 Å². The molecule has 0 spiro atoms. The van der Waals surface area contributed by atoms with Gasteiger partial charge in [0.05, 0.1) is 19.3 Å². The molecule has 2 rings (SSSR count). The summed E-state index contributed by atoms with van der Waals surface area (Å²) in [4.78, 5) is 13.5. The normalized spacial score (nSPS) is 18.9. The Balaban J connectivity index is 1.79. The molecule has 1 aliphatic rings. The summed E-state index contributed by atoms with van der Waals surface area (Å²) in [6.45, 7) is 5.57. The van der Waals surface area contributed by atoms with Gasteiger partial charge in [-0.25, -0.2) is 0 Å². The zero-order valence-electron chi connectivity index (χ0n) is 10.5. The molecule has 1 saturated heterocycles. The van der Waals surface area contributed by atoms with E-state index in [0.717, 1.165) is 24.9 Å². The summed E-state index contributed by atoms with van der Waals surface area (Å²) in [6.07, 6.45) is 3.46. The molecule has 0 N–H and O–H groups in total. The fourth-order valence-corrected chi connectivity index (χ4v) is 2.30. The van der Waals surface area contributed by atoms with E-state index in [0.29, 0.717) is 13.2 Å². The molecule has 1 atom stereocenters. The second-order valence-corrected chi connectivity index (χ2v) is 4.53. The van der Waals surface area contributed by atoms with Gasteiger partial charge in [-0.15, -0.1) is 0 Å². The number of amides is 1. The minimum absolute atomic E-state index is 0.0146. The molecule has 0 aliphatic carbocycles. The predicted octanol–water partition coefficient (Wildman–Crippen LogP) is 2.38. The molecule has 0 radical (unpaired) electrons. The predicted molar refractivity (Wildman–Crippen MR) is 71.0 cm³/mol. The topological polar surface area (TPSA) is 29.5 Å². The Morgan fingerprint density at radius 2 is 2.22 bits per heavy atom. The largest absolute Gasteiger partial charge is 0.375 e. The van der Waals surface area contributed by atoms with Crippen molar-refractivity contribution in [2.24, 2.45) is 0 Å². The van der Waals surface area contributed by atoms with E-state index in [1.54, 1.807) is 0 Å². The fraction of sp³-hybridized carbons (Fsp3) is 0.400. The van der Waals surface area contributed by atoms with Crippen LogP contribution in [0, 0.1) is 0 Å². The lowest BCUT2D eigenvalue weighted by Crippen LogP contribution is -2.37. The van der Waals surface area contributed by atoms with Crippen molar-refractivity contribution in [1.82, 2.24) is 4.90 Å². The molecule has 1 heterocycles. The molecule has 3 nitrogen and oxygen atoms in total. The number of ether oxygens (including phenoxy) is 1. The van der Waals surface area contributed by atoms with E-state index in [1.165, 1.54) is 6.08 Å². The summed E-state index contributed by atoms with van der Waals surface area (Å²) in [5.41, 5.74) is 1.16. The summed E-state index contributed by atoms with van der Waals surface area (Å²) >= 11 is 0. The first-order chi connectivity index (χ1) is 8.81.